The number of benzene rings is 2. The van der Waals surface area contributed by atoms with Crippen molar-refractivity contribution < 1.29 is 23.0 Å². The molecule has 0 saturated heterocycles. The number of primary amides is 1. The fourth-order valence-electron chi connectivity index (χ4n) is 2.96. The van der Waals surface area contributed by atoms with Crippen LogP contribution in [0.1, 0.15) is 26.6 Å². The first-order chi connectivity index (χ1) is 14.7. The van der Waals surface area contributed by atoms with Gasteiger partial charge in [0, 0.05) is 25.3 Å². The first kappa shape index (κ1) is 22.6. The fourth-order valence-corrected chi connectivity index (χ4v) is 2.96. The molecule has 3 aromatic rings. The second-order valence-corrected chi connectivity index (χ2v) is 7.55. The number of nitrogens with two attached hydrogens (primary N) is 1. The van der Waals surface area contributed by atoms with Crippen LogP contribution < -0.4 is 15.8 Å². The molecule has 0 bridgehead atoms. The smallest absolute Gasteiger partial charge is 0.237 e. The Bertz CT molecular complexity index is 1080. The second kappa shape index (κ2) is 9.40. The van der Waals surface area contributed by atoms with Gasteiger partial charge in [0.2, 0.25) is 5.91 Å². The molecule has 3 rings (SSSR count). The fraction of sp³-hybridized carbons (Fsp3) is 0.364. The van der Waals surface area contributed by atoms with Crippen molar-refractivity contribution >= 4 is 16.9 Å². The highest BCUT2D eigenvalue weighted by molar-refractivity contribution is 5.83. The number of aromatic nitrogens is 2. The minimum absolute atomic E-state index is 0.184. The summed E-state index contributed by atoms with van der Waals surface area (Å²) in [7, 11) is 0. The Balaban J connectivity index is 1.91. The topological polar surface area (TPSA) is 91.4 Å². The van der Waals surface area contributed by atoms with Crippen LogP contribution in [0.4, 0.5) is 8.78 Å². The Morgan fingerprint density at radius 1 is 1.16 bits per heavy atom. The number of nitrogens with one attached hydrogen (secondary N) is 1. The molecule has 9 heteroatoms. The van der Waals surface area contributed by atoms with Crippen LogP contribution in [0.3, 0.4) is 0 Å². The van der Waals surface area contributed by atoms with Crippen LogP contribution in [0.2, 0.25) is 0 Å². The monoisotopic (exact) mass is 432 g/mol. The van der Waals surface area contributed by atoms with Gasteiger partial charge in [-0.15, -0.1) is 0 Å². The van der Waals surface area contributed by atoms with Crippen LogP contribution in [0, 0.1) is 11.6 Å². The third-order valence-corrected chi connectivity index (χ3v) is 4.89. The first-order valence-electron chi connectivity index (χ1n) is 9.96. The van der Waals surface area contributed by atoms with Gasteiger partial charge in [-0.3, -0.25) is 10.1 Å². The number of rotatable bonds is 10. The van der Waals surface area contributed by atoms with Gasteiger partial charge in [-0.25, -0.2) is 13.8 Å². The zero-order chi connectivity index (χ0) is 22.6. The van der Waals surface area contributed by atoms with E-state index >= 15 is 0 Å². The third-order valence-electron chi connectivity index (χ3n) is 4.89. The normalized spacial score (nSPS) is 11.8. The summed E-state index contributed by atoms with van der Waals surface area (Å²) in [6, 6.07) is 8.62. The first-order valence-corrected chi connectivity index (χ1v) is 9.96. The molecule has 0 atom stereocenters. The van der Waals surface area contributed by atoms with Crippen LogP contribution in [-0.2, 0) is 22.6 Å². The molecule has 31 heavy (non-hydrogen) atoms. The van der Waals surface area contributed by atoms with Crippen molar-refractivity contribution in [1.82, 2.24) is 14.9 Å². The number of amides is 1. The van der Waals surface area contributed by atoms with Gasteiger partial charge in [-0.2, -0.15) is 0 Å². The minimum atomic E-state index is -0.981. The van der Waals surface area contributed by atoms with E-state index in [0.717, 1.165) is 23.2 Å². The summed E-state index contributed by atoms with van der Waals surface area (Å²) in [5.74, 6) is -1.05. The predicted molar refractivity (Wildman–Crippen MR) is 113 cm³/mol. The van der Waals surface area contributed by atoms with E-state index in [1.54, 1.807) is 32.0 Å². The molecule has 0 fully saturated rings. The molecule has 7 nitrogen and oxygen atoms in total. The van der Waals surface area contributed by atoms with Crippen molar-refractivity contribution in [2.75, 3.05) is 13.2 Å². The molecule has 2 aromatic carbocycles. The van der Waals surface area contributed by atoms with Gasteiger partial charge in [0.1, 0.15) is 17.3 Å². The molecular weight excluding hydrogens is 406 g/mol. The Kier molecular flexibility index (Phi) is 6.87. The second-order valence-electron chi connectivity index (χ2n) is 7.55. The molecule has 0 aliphatic rings. The summed E-state index contributed by atoms with van der Waals surface area (Å²) in [5, 5.41) is 3.13. The number of hydrogen-bond donors (Lipinski definition) is 2. The highest BCUT2D eigenvalue weighted by Gasteiger charge is 2.25. The maximum absolute atomic E-state index is 13.5. The number of imidazole rings is 1. The summed E-state index contributed by atoms with van der Waals surface area (Å²) in [6.45, 7) is 7.23. The molecule has 0 aliphatic carbocycles. The van der Waals surface area contributed by atoms with Crippen molar-refractivity contribution in [1.29, 1.82) is 0 Å². The average Bonchev–Trinajstić information content (AvgIpc) is 3.06. The molecule has 0 saturated carbocycles. The lowest BCUT2D eigenvalue weighted by Gasteiger charge is -2.22. The quantitative estimate of drug-likeness (QED) is 0.479. The zero-order valence-corrected chi connectivity index (χ0v) is 17.7. The van der Waals surface area contributed by atoms with E-state index in [0.29, 0.717) is 37.9 Å². The van der Waals surface area contributed by atoms with E-state index in [4.69, 9.17) is 15.2 Å². The number of ether oxygens (including phenoxy) is 2. The highest BCUT2D eigenvalue weighted by Crippen LogP contribution is 2.27. The van der Waals surface area contributed by atoms with Crippen LogP contribution in [0.15, 0.2) is 36.4 Å². The molecule has 0 unspecified atom stereocenters. The van der Waals surface area contributed by atoms with Gasteiger partial charge < -0.3 is 19.8 Å². The SMILES string of the molecule is CCOCCn1c(CNC(C)(C)C(N)=O)nc2ccc(Oc3ccc(F)c(F)c3)cc21. The van der Waals surface area contributed by atoms with Gasteiger partial charge in [0.25, 0.3) is 0 Å². The van der Waals surface area contributed by atoms with E-state index in [9.17, 15) is 13.6 Å². The maximum Gasteiger partial charge on any atom is 0.237 e. The third kappa shape index (κ3) is 5.36. The number of hydrogen-bond acceptors (Lipinski definition) is 5. The number of carbonyl (C=O) groups excluding carboxylic acids is 1. The largest absolute Gasteiger partial charge is 0.457 e. The average molecular weight is 432 g/mol. The molecule has 1 amide bonds. The Morgan fingerprint density at radius 2 is 1.87 bits per heavy atom. The number of carbonyl (C=O) groups is 1. The molecule has 0 aliphatic heterocycles. The van der Waals surface area contributed by atoms with E-state index < -0.39 is 23.1 Å². The summed E-state index contributed by atoms with van der Waals surface area (Å²) in [5.41, 5.74) is 6.05. The number of halogens is 2. The van der Waals surface area contributed by atoms with E-state index in [1.165, 1.54) is 6.07 Å². The standard InChI is InChI=1S/C22H26F2N4O3/c1-4-30-10-9-28-19-12-15(31-14-5-7-16(23)17(24)11-14)6-8-18(19)27-20(28)13-26-22(2,3)21(25)29/h5-8,11-12,26H,4,9-10,13H2,1-3H3,(H2,25,29). The van der Waals surface area contributed by atoms with Gasteiger partial charge in [0.15, 0.2) is 11.6 Å². The zero-order valence-electron chi connectivity index (χ0n) is 17.7. The van der Waals surface area contributed by atoms with Crippen LogP contribution in [0.5, 0.6) is 11.5 Å². The minimum Gasteiger partial charge on any atom is -0.457 e. The van der Waals surface area contributed by atoms with Crippen molar-refractivity contribution in [2.45, 2.75) is 39.4 Å². The van der Waals surface area contributed by atoms with Crippen LogP contribution in [0.25, 0.3) is 11.0 Å². The van der Waals surface area contributed by atoms with E-state index in [2.05, 4.69) is 10.3 Å². The molecule has 3 N–H and O–H groups in total. The van der Waals surface area contributed by atoms with Crippen molar-refractivity contribution in [2.24, 2.45) is 5.73 Å². The Labute approximate surface area is 179 Å². The Hall–Kier alpha value is -3.04. The molecule has 0 spiro atoms. The lowest BCUT2D eigenvalue weighted by molar-refractivity contribution is -0.123. The molecule has 1 heterocycles. The van der Waals surface area contributed by atoms with Gasteiger partial charge in [-0.1, -0.05) is 0 Å². The predicted octanol–water partition coefficient (Wildman–Crippen LogP) is 3.50. The molecule has 1 aromatic heterocycles. The lowest BCUT2D eigenvalue weighted by atomic mass is 10.1. The van der Waals surface area contributed by atoms with E-state index in [1.807, 2.05) is 11.5 Å². The molecule has 0 radical (unpaired) electrons. The van der Waals surface area contributed by atoms with Crippen LogP contribution >= 0.6 is 0 Å². The van der Waals surface area contributed by atoms with E-state index in [-0.39, 0.29) is 5.75 Å². The van der Waals surface area contributed by atoms with Gasteiger partial charge >= 0.3 is 0 Å². The maximum atomic E-state index is 13.5. The van der Waals surface area contributed by atoms with Crippen molar-refractivity contribution in [3.63, 3.8) is 0 Å². The summed E-state index contributed by atoms with van der Waals surface area (Å²) >= 11 is 0. The highest BCUT2D eigenvalue weighted by atomic mass is 19.2. The summed E-state index contributed by atoms with van der Waals surface area (Å²) in [6.07, 6.45) is 0. The summed E-state index contributed by atoms with van der Waals surface area (Å²) in [4.78, 5) is 16.3. The number of nitrogens with zero attached hydrogens (tertiary/aromatic N) is 2. The Morgan fingerprint density at radius 3 is 2.55 bits per heavy atom. The van der Waals surface area contributed by atoms with Gasteiger partial charge in [-0.05, 0) is 45.0 Å². The van der Waals surface area contributed by atoms with Crippen LogP contribution in [-0.4, -0.2) is 34.2 Å². The lowest BCUT2D eigenvalue weighted by Crippen LogP contribution is -2.50. The summed E-state index contributed by atoms with van der Waals surface area (Å²) < 4.78 is 39.8. The molecular formula is C22H26F2N4O3. The van der Waals surface area contributed by atoms with Crippen molar-refractivity contribution in [3.05, 3.63) is 53.9 Å². The molecule has 166 valence electrons. The number of fused-ring (bicyclic) bond motifs is 1. The van der Waals surface area contributed by atoms with Crippen molar-refractivity contribution in [3.8, 4) is 11.5 Å². The van der Waals surface area contributed by atoms with Gasteiger partial charge in [0.05, 0.1) is 29.7 Å².